The molecule has 1 heterocycles. The number of rotatable bonds is 5. The second-order valence-corrected chi connectivity index (χ2v) is 6.74. The maximum atomic E-state index is 12.1. The molecule has 2 aromatic rings. The Morgan fingerprint density at radius 1 is 1.20 bits per heavy atom. The van der Waals surface area contributed by atoms with E-state index in [0.717, 1.165) is 22.6 Å². The monoisotopic (exact) mass is 354 g/mol. The van der Waals surface area contributed by atoms with Crippen molar-refractivity contribution < 1.29 is 9.53 Å². The van der Waals surface area contributed by atoms with E-state index in [1.807, 2.05) is 31.2 Å². The fourth-order valence-electron chi connectivity index (χ4n) is 2.97. The third-order valence-electron chi connectivity index (χ3n) is 4.23. The summed E-state index contributed by atoms with van der Waals surface area (Å²) in [5, 5.41) is 6.19. The summed E-state index contributed by atoms with van der Waals surface area (Å²) in [7, 11) is 0. The number of nitrogens with zero attached hydrogens (tertiary/aromatic N) is 2. The zero-order valence-corrected chi connectivity index (χ0v) is 15.5. The van der Waals surface area contributed by atoms with Gasteiger partial charge in [-0.3, -0.25) is 4.79 Å². The van der Waals surface area contributed by atoms with Gasteiger partial charge in [-0.1, -0.05) is 12.1 Å². The fraction of sp³-hybridized carbons (Fsp3) is 0.300. The van der Waals surface area contributed by atoms with Crippen LogP contribution in [0.25, 0.3) is 0 Å². The number of amides is 1. The summed E-state index contributed by atoms with van der Waals surface area (Å²) in [4.78, 5) is 13.3. The van der Waals surface area contributed by atoms with Crippen LogP contribution >= 0.6 is 11.8 Å². The highest BCUT2D eigenvalue weighted by Gasteiger charge is 2.31. The summed E-state index contributed by atoms with van der Waals surface area (Å²) in [6, 6.07) is 16.2. The molecule has 1 aliphatic heterocycles. The number of ether oxygens (including phenoxy) is 1. The number of benzene rings is 2. The molecule has 130 valence electrons. The largest absolute Gasteiger partial charge is 0.494 e. The van der Waals surface area contributed by atoms with Gasteiger partial charge < -0.3 is 4.74 Å². The molecule has 0 saturated heterocycles. The quantitative estimate of drug-likeness (QED) is 0.742. The maximum absolute atomic E-state index is 12.1. The van der Waals surface area contributed by atoms with Crippen molar-refractivity contribution in [1.29, 1.82) is 0 Å². The van der Waals surface area contributed by atoms with Gasteiger partial charge in [0.2, 0.25) is 5.91 Å². The summed E-state index contributed by atoms with van der Waals surface area (Å²) in [6.07, 6.45) is 2.77. The van der Waals surface area contributed by atoms with Crippen LogP contribution in [0, 0.1) is 0 Å². The van der Waals surface area contributed by atoms with Crippen molar-refractivity contribution in [3.8, 4) is 5.75 Å². The second-order valence-electron chi connectivity index (χ2n) is 5.86. The van der Waals surface area contributed by atoms with E-state index in [1.54, 1.807) is 23.7 Å². The van der Waals surface area contributed by atoms with Crippen LogP contribution in [0.15, 0.2) is 58.5 Å². The van der Waals surface area contributed by atoms with E-state index in [0.29, 0.717) is 13.0 Å². The third-order valence-corrected chi connectivity index (χ3v) is 4.98. The molecular weight excluding hydrogens is 332 g/mol. The highest BCUT2D eigenvalue weighted by atomic mass is 32.2. The molecule has 1 amide bonds. The molecule has 1 unspecified atom stereocenters. The molecular formula is C20H22N2O2S. The molecule has 5 heteroatoms. The number of carbonyl (C=O) groups is 1. The third kappa shape index (κ3) is 3.87. The summed E-state index contributed by atoms with van der Waals surface area (Å²) in [5.74, 6) is 0.803. The highest BCUT2D eigenvalue weighted by Crippen LogP contribution is 2.33. The van der Waals surface area contributed by atoms with Gasteiger partial charge in [0.15, 0.2) is 0 Å². The lowest BCUT2D eigenvalue weighted by Crippen LogP contribution is -2.24. The summed E-state index contributed by atoms with van der Waals surface area (Å²) in [5.41, 5.74) is 3.06. The van der Waals surface area contributed by atoms with Gasteiger partial charge in [0.25, 0.3) is 0 Å². The Morgan fingerprint density at radius 3 is 2.44 bits per heavy atom. The van der Waals surface area contributed by atoms with Gasteiger partial charge in [0, 0.05) is 18.2 Å². The standard InChI is InChI=1S/C20H22N2O2S/c1-4-24-17-9-5-15(6-10-17)19-13-20(22(21-19)14(2)23)16-7-11-18(25-3)12-8-16/h5-12,20H,4,13H2,1-3H3. The number of hydrazone groups is 1. The molecule has 4 nitrogen and oxygen atoms in total. The molecule has 2 aromatic carbocycles. The molecule has 0 aliphatic carbocycles. The normalized spacial score (nSPS) is 16.7. The smallest absolute Gasteiger partial charge is 0.240 e. The fourth-order valence-corrected chi connectivity index (χ4v) is 3.38. The van der Waals surface area contributed by atoms with Crippen LogP contribution in [0.3, 0.4) is 0 Å². The Labute approximate surface area is 152 Å². The maximum Gasteiger partial charge on any atom is 0.240 e. The lowest BCUT2D eigenvalue weighted by atomic mass is 9.98. The molecule has 0 fully saturated rings. The minimum atomic E-state index is -0.0463. The van der Waals surface area contributed by atoms with E-state index >= 15 is 0 Å². The van der Waals surface area contributed by atoms with E-state index in [-0.39, 0.29) is 11.9 Å². The topological polar surface area (TPSA) is 41.9 Å². The van der Waals surface area contributed by atoms with Crippen LogP contribution in [-0.4, -0.2) is 29.5 Å². The summed E-state index contributed by atoms with van der Waals surface area (Å²) >= 11 is 1.71. The van der Waals surface area contributed by atoms with Crippen LogP contribution < -0.4 is 4.74 Å². The number of carbonyl (C=O) groups excluding carboxylic acids is 1. The Balaban J connectivity index is 1.84. The van der Waals surface area contributed by atoms with Crippen molar-refractivity contribution >= 4 is 23.4 Å². The molecule has 1 atom stereocenters. The first-order valence-corrected chi connectivity index (χ1v) is 9.59. The Kier molecular flexibility index (Phi) is 5.43. The van der Waals surface area contributed by atoms with Gasteiger partial charge in [-0.2, -0.15) is 5.10 Å². The van der Waals surface area contributed by atoms with Gasteiger partial charge >= 0.3 is 0 Å². The summed E-state index contributed by atoms with van der Waals surface area (Å²) in [6.45, 7) is 4.17. The first-order chi connectivity index (χ1) is 12.1. The van der Waals surface area contributed by atoms with Crippen molar-refractivity contribution in [3.63, 3.8) is 0 Å². The van der Waals surface area contributed by atoms with Gasteiger partial charge in [0.1, 0.15) is 5.75 Å². The highest BCUT2D eigenvalue weighted by molar-refractivity contribution is 7.98. The van der Waals surface area contributed by atoms with Crippen molar-refractivity contribution in [1.82, 2.24) is 5.01 Å². The van der Waals surface area contributed by atoms with Gasteiger partial charge in [-0.15, -0.1) is 11.8 Å². The average molecular weight is 354 g/mol. The average Bonchev–Trinajstić information content (AvgIpc) is 3.08. The molecule has 0 spiro atoms. The molecule has 3 rings (SSSR count). The predicted molar refractivity (Wildman–Crippen MR) is 102 cm³/mol. The Hall–Kier alpha value is -2.27. The Morgan fingerprint density at radius 2 is 1.88 bits per heavy atom. The van der Waals surface area contributed by atoms with Crippen LogP contribution in [0.5, 0.6) is 5.75 Å². The molecule has 1 aliphatic rings. The van der Waals surface area contributed by atoms with E-state index in [9.17, 15) is 4.79 Å². The van der Waals surface area contributed by atoms with Crippen LogP contribution in [0.2, 0.25) is 0 Å². The zero-order chi connectivity index (χ0) is 17.8. The molecule has 0 N–H and O–H groups in total. The minimum absolute atomic E-state index is 0.0418. The van der Waals surface area contributed by atoms with E-state index in [2.05, 4.69) is 35.6 Å². The number of hydrogen-bond donors (Lipinski definition) is 0. The van der Waals surface area contributed by atoms with E-state index < -0.39 is 0 Å². The molecule has 0 bridgehead atoms. The number of thioether (sulfide) groups is 1. The molecule has 0 radical (unpaired) electrons. The number of hydrogen-bond acceptors (Lipinski definition) is 4. The molecule has 0 aromatic heterocycles. The lowest BCUT2D eigenvalue weighted by molar-refractivity contribution is -0.130. The van der Waals surface area contributed by atoms with Crippen molar-refractivity contribution in [2.24, 2.45) is 5.10 Å². The summed E-state index contributed by atoms with van der Waals surface area (Å²) < 4.78 is 5.49. The first kappa shape index (κ1) is 17.5. The SMILES string of the molecule is CCOc1ccc(C2=NN(C(C)=O)C(c3ccc(SC)cc3)C2)cc1. The van der Waals surface area contributed by atoms with Gasteiger partial charge in [-0.25, -0.2) is 5.01 Å². The van der Waals surface area contributed by atoms with E-state index in [4.69, 9.17) is 4.74 Å². The van der Waals surface area contributed by atoms with Crippen molar-refractivity contribution in [3.05, 3.63) is 59.7 Å². The minimum Gasteiger partial charge on any atom is -0.494 e. The molecule has 0 saturated carbocycles. The second kappa shape index (κ2) is 7.74. The molecule has 25 heavy (non-hydrogen) atoms. The Bertz CT molecular complexity index is 769. The predicted octanol–water partition coefficient (Wildman–Crippen LogP) is 4.50. The van der Waals surface area contributed by atoms with Crippen LogP contribution in [0.1, 0.15) is 37.4 Å². The lowest BCUT2D eigenvalue weighted by Gasteiger charge is -2.20. The van der Waals surface area contributed by atoms with Crippen molar-refractivity contribution in [2.75, 3.05) is 12.9 Å². The van der Waals surface area contributed by atoms with Crippen LogP contribution in [-0.2, 0) is 4.79 Å². The van der Waals surface area contributed by atoms with Crippen LogP contribution in [0.4, 0.5) is 0 Å². The zero-order valence-electron chi connectivity index (χ0n) is 14.7. The van der Waals surface area contributed by atoms with Crippen molar-refractivity contribution in [2.45, 2.75) is 31.2 Å². The first-order valence-electron chi connectivity index (χ1n) is 8.37. The van der Waals surface area contributed by atoms with E-state index in [1.165, 1.54) is 4.90 Å². The van der Waals surface area contributed by atoms with Gasteiger partial charge in [-0.05, 0) is 60.7 Å². The van der Waals surface area contributed by atoms with Gasteiger partial charge in [0.05, 0.1) is 18.4 Å².